The van der Waals surface area contributed by atoms with E-state index in [9.17, 15) is 9.59 Å². The van der Waals surface area contributed by atoms with E-state index in [1.54, 1.807) is 10.8 Å². The Bertz CT molecular complexity index is 581. The second-order valence-corrected chi connectivity index (χ2v) is 5.76. The van der Waals surface area contributed by atoms with Crippen LogP contribution in [0, 0.1) is 5.92 Å². The highest BCUT2D eigenvalue weighted by Crippen LogP contribution is 2.28. The van der Waals surface area contributed by atoms with Crippen molar-refractivity contribution < 1.29 is 14.3 Å². The normalized spacial score (nSPS) is 21.7. The van der Waals surface area contributed by atoms with Gasteiger partial charge in [-0.05, 0) is 22.4 Å². The zero-order chi connectivity index (χ0) is 14.9. The van der Waals surface area contributed by atoms with Crippen molar-refractivity contribution in [3.05, 3.63) is 26.6 Å². The molecule has 20 heavy (non-hydrogen) atoms. The smallest absolute Gasteiger partial charge is 0.238 e. The number of nitrogens with zero attached hydrogens (tertiary/aromatic N) is 1. The number of ether oxygens (including phenoxy) is 2. The van der Waals surface area contributed by atoms with Gasteiger partial charge in [-0.15, -0.1) is 0 Å². The Morgan fingerprint density at radius 2 is 2.15 bits per heavy atom. The Kier molecular flexibility index (Phi) is 4.65. The molecule has 110 valence electrons. The molecule has 1 aliphatic heterocycles. The molecule has 2 heterocycles. The molecule has 5 nitrogen and oxygen atoms in total. The maximum atomic E-state index is 12.5. The molecule has 1 aliphatic rings. The minimum Gasteiger partial charge on any atom is -0.491 e. The van der Waals surface area contributed by atoms with E-state index in [1.165, 1.54) is 7.11 Å². The third-order valence-corrected chi connectivity index (χ3v) is 4.08. The van der Waals surface area contributed by atoms with Crippen LogP contribution in [0.1, 0.15) is 30.8 Å². The van der Waals surface area contributed by atoms with Crippen LogP contribution in [-0.2, 0) is 11.3 Å². The summed E-state index contributed by atoms with van der Waals surface area (Å²) in [6, 6.07) is 0. The SMILES string of the molecule is CCCOC1Cn2cc(Br)c(=O)c(OC)c2C(=O)C1C. The van der Waals surface area contributed by atoms with Crippen molar-refractivity contribution in [3.63, 3.8) is 0 Å². The van der Waals surface area contributed by atoms with Gasteiger partial charge in [0.05, 0.1) is 17.7 Å². The number of methoxy groups -OCH3 is 1. The fraction of sp³-hybridized carbons (Fsp3) is 0.571. The fourth-order valence-electron chi connectivity index (χ4n) is 2.40. The predicted molar refractivity (Wildman–Crippen MR) is 78.5 cm³/mol. The van der Waals surface area contributed by atoms with Crippen LogP contribution in [0.5, 0.6) is 5.75 Å². The van der Waals surface area contributed by atoms with Crippen LogP contribution >= 0.6 is 15.9 Å². The number of pyridine rings is 1. The summed E-state index contributed by atoms with van der Waals surface area (Å²) >= 11 is 3.21. The monoisotopic (exact) mass is 343 g/mol. The summed E-state index contributed by atoms with van der Waals surface area (Å²) in [7, 11) is 1.40. The van der Waals surface area contributed by atoms with E-state index >= 15 is 0 Å². The number of hydrogen-bond donors (Lipinski definition) is 0. The van der Waals surface area contributed by atoms with Crippen LogP contribution < -0.4 is 10.2 Å². The van der Waals surface area contributed by atoms with E-state index in [0.717, 1.165) is 6.42 Å². The van der Waals surface area contributed by atoms with Crippen molar-refractivity contribution in [1.82, 2.24) is 4.57 Å². The van der Waals surface area contributed by atoms with Crippen molar-refractivity contribution in [2.45, 2.75) is 32.9 Å². The summed E-state index contributed by atoms with van der Waals surface area (Å²) < 4.78 is 13.0. The van der Waals surface area contributed by atoms with Gasteiger partial charge in [0.2, 0.25) is 5.43 Å². The molecule has 0 aromatic carbocycles. The Balaban J connectivity index is 2.48. The van der Waals surface area contributed by atoms with Gasteiger partial charge in [-0.1, -0.05) is 13.8 Å². The summed E-state index contributed by atoms with van der Waals surface area (Å²) in [6.45, 7) is 5.02. The van der Waals surface area contributed by atoms with Crippen LogP contribution in [0.15, 0.2) is 15.5 Å². The highest BCUT2D eigenvalue weighted by molar-refractivity contribution is 9.10. The summed E-state index contributed by atoms with van der Waals surface area (Å²) in [5.41, 5.74) is 0.0387. The lowest BCUT2D eigenvalue weighted by atomic mass is 9.92. The van der Waals surface area contributed by atoms with Gasteiger partial charge in [-0.25, -0.2) is 0 Å². The number of hydrogen-bond acceptors (Lipinski definition) is 4. The van der Waals surface area contributed by atoms with Gasteiger partial charge in [0, 0.05) is 25.3 Å². The van der Waals surface area contributed by atoms with Crippen LogP contribution in [0.2, 0.25) is 0 Å². The van der Waals surface area contributed by atoms with E-state index in [0.29, 0.717) is 23.3 Å². The van der Waals surface area contributed by atoms with Crippen molar-refractivity contribution >= 4 is 21.7 Å². The first-order chi connectivity index (χ1) is 9.51. The van der Waals surface area contributed by atoms with E-state index in [4.69, 9.17) is 9.47 Å². The number of Topliss-reactive ketones (excluding diaryl/α,β-unsaturated/α-hetero) is 1. The number of fused-ring (bicyclic) bond motifs is 1. The minimum absolute atomic E-state index is 0.102. The molecule has 0 amide bonds. The van der Waals surface area contributed by atoms with Crippen molar-refractivity contribution in [1.29, 1.82) is 0 Å². The number of rotatable bonds is 4. The molecule has 2 atom stereocenters. The third-order valence-electron chi connectivity index (χ3n) is 3.52. The van der Waals surface area contributed by atoms with Crippen LogP contribution in [0.4, 0.5) is 0 Å². The van der Waals surface area contributed by atoms with E-state index < -0.39 is 0 Å². The van der Waals surface area contributed by atoms with Gasteiger partial charge >= 0.3 is 0 Å². The van der Waals surface area contributed by atoms with Crippen molar-refractivity contribution in [2.24, 2.45) is 5.92 Å². The molecule has 1 aromatic rings. The first-order valence-corrected chi connectivity index (χ1v) is 7.43. The highest BCUT2D eigenvalue weighted by atomic mass is 79.9. The van der Waals surface area contributed by atoms with Gasteiger partial charge in [0.1, 0.15) is 5.69 Å². The molecule has 0 spiro atoms. The van der Waals surface area contributed by atoms with Gasteiger partial charge in [0.25, 0.3) is 0 Å². The number of carbonyl (C=O) groups excluding carboxylic acids is 1. The summed E-state index contributed by atoms with van der Waals surface area (Å²) in [5, 5.41) is 0. The zero-order valence-electron chi connectivity index (χ0n) is 11.8. The summed E-state index contributed by atoms with van der Waals surface area (Å²) in [5.74, 6) is -0.292. The van der Waals surface area contributed by atoms with Crippen LogP contribution in [0.25, 0.3) is 0 Å². The maximum absolute atomic E-state index is 12.5. The number of aromatic nitrogens is 1. The van der Waals surface area contributed by atoms with Gasteiger partial charge in [-0.3, -0.25) is 9.59 Å². The molecule has 0 bridgehead atoms. The summed E-state index contributed by atoms with van der Waals surface area (Å²) in [4.78, 5) is 24.5. The fourth-order valence-corrected chi connectivity index (χ4v) is 2.82. The Labute approximate surface area is 126 Å². The lowest BCUT2D eigenvalue weighted by molar-refractivity contribution is 0.00166. The molecular weight excluding hydrogens is 326 g/mol. The molecule has 2 unspecified atom stereocenters. The van der Waals surface area contributed by atoms with Crippen LogP contribution in [0.3, 0.4) is 0 Å². The second kappa shape index (κ2) is 6.10. The highest BCUT2D eigenvalue weighted by Gasteiger charge is 2.36. The first-order valence-electron chi connectivity index (χ1n) is 6.64. The quantitative estimate of drug-likeness (QED) is 0.841. The Hall–Kier alpha value is -1.14. The van der Waals surface area contributed by atoms with E-state index in [2.05, 4.69) is 15.9 Å². The topological polar surface area (TPSA) is 57.5 Å². The first kappa shape index (κ1) is 15.3. The largest absolute Gasteiger partial charge is 0.491 e. The molecule has 6 heteroatoms. The number of ketones is 1. The average Bonchev–Trinajstić information content (AvgIpc) is 2.43. The van der Waals surface area contributed by atoms with Crippen molar-refractivity contribution in [3.8, 4) is 5.75 Å². The lowest BCUT2D eigenvalue weighted by Gasteiger charge is -2.31. The lowest BCUT2D eigenvalue weighted by Crippen LogP contribution is -2.41. The van der Waals surface area contributed by atoms with Gasteiger partial charge < -0.3 is 14.0 Å². The van der Waals surface area contributed by atoms with Gasteiger partial charge in [0.15, 0.2) is 11.5 Å². The van der Waals surface area contributed by atoms with E-state index in [-0.39, 0.29) is 29.0 Å². The van der Waals surface area contributed by atoms with E-state index in [1.807, 2.05) is 13.8 Å². The predicted octanol–water partition coefficient (Wildman–Crippen LogP) is 2.25. The minimum atomic E-state index is -0.299. The molecule has 0 fully saturated rings. The molecule has 0 radical (unpaired) electrons. The zero-order valence-corrected chi connectivity index (χ0v) is 13.4. The Morgan fingerprint density at radius 3 is 2.75 bits per heavy atom. The standard InChI is InChI=1S/C14H18BrNO4/c1-4-5-20-10-7-16-6-9(15)13(18)14(19-3)11(16)12(17)8(10)2/h6,8,10H,4-5,7H2,1-3H3. The number of carbonyl (C=O) groups is 1. The van der Waals surface area contributed by atoms with Crippen molar-refractivity contribution in [2.75, 3.05) is 13.7 Å². The molecule has 2 rings (SSSR count). The second-order valence-electron chi connectivity index (χ2n) is 4.90. The average molecular weight is 344 g/mol. The maximum Gasteiger partial charge on any atom is 0.238 e. The summed E-state index contributed by atoms with van der Waals surface area (Å²) in [6.07, 6.45) is 2.36. The molecule has 1 aromatic heterocycles. The molecular formula is C14H18BrNO4. The Morgan fingerprint density at radius 1 is 1.45 bits per heavy atom. The van der Waals surface area contributed by atoms with Crippen LogP contribution in [-0.4, -0.2) is 30.2 Å². The molecule has 0 saturated heterocycles. The number of halogens is 1. The third kappa shape index (κ3) is 2.54. The molecule has 0 aliphatic carbocycles. The molecule has 0 saturated carbocycles. The van der Waals surface area contributed by atoms with Gasteiger partial charge in [-0.2, -0.15) is 0 Å². The molecule has 0 N–H and O–H groups in total.